The normalized spacial score (nSPS) is 10.3. The molecule has 2 aromatic rings. The Bertz CT molecular complexity index is 614. The van der Waals surface area contributed by atoms with Gasteiger partial charge in [0.05, 0.1) is 23.2 Å². The van der Waals surface area contributed by atoms with E-state index in [9.17, 15) is 0 Å². The summed E-state index contributed by atoms with van der Waals surface area (Å²) in [6.45, 7) is 2.03. The van der Waals surface area contributed by atoms with E-state index in [1.165, 1.54) is 11.3 Å². The smallest absolute Gasteiger partial charge is 0.125 e. The maximum Gasteiger partial charge on any atom is 0.125 e. The van der Waals surface area contributed by atoms with Gasteiger partial charge in [-0.2, -0.15) is 5.26 Å². The Hall–Kier alpha value is -1.08. The second-order valence-electron chi connectivity index (χ2n) is 3.70. The molecule has 92 valence electrons. The molecule has 0 saturated carbocycles. The van der Waals surface area contributed by atoms with Gasteiger partial charge in [0.25, 0.3) is 0 Å². The SMILES string of the molecule is CCc1nc(-c2ccc(Cl)cc2Cl)sc1CC#N. The quantitative estimate of drug-likeness (QED) is 0.820. The van der Waals surface area contributed by atoms with Crippen LogP contribution in [0.4, 0.5) is 0 Å². The van der Waals surface area contributed by atoms with Crippen molar-refractivity contribution < 1.29 is 0 Å². The molecule has 2 rings (SSSR count). The van der Waals surface area contributed by atoms with Crippen molar-refractivity contribution in [3.8, 4) is 16.6 Å². The van der Waals surface area contributed by atoms with Gasteiger partial charge in [-0.3, -0.25) is 0 Å². The topological polar surface area (TPSA) is 36.7 Å². The molecular formula is C13H10Cl2N2S. The van der Waals surface area contributed by atoms with Crippen LogP contribution in [0.1, 0.15) is 17.5 Å². The van der Waals surface area contributed by atoms with Gasteiger partial charge in [-0.05, 0) is 24.6 Å². The number of nitrogens with zero attached hydrogens (tertiary/aromatic N) is 2. The Labute approximate surface area is 120 Å². The van der Waals surface area contributed by atoms with E-state index in [1.54, 1.807) is 12.1 Å². The predicted octanol–water partition coefficient (Wildman–Crippen LogP) is 4.75. The number of aromatic nitrogens is 1. The zero-order chi connectivity index (χ0) is 13.1. The maximum absolute atomic E-state index is 8.80. The summed E-state index contributed by atoms with van der Waals surface area (Å²) in [6.07, 6.45) is 1.21. The summed E-state index contributed by atoms with van der Waals surface area (Å²) >= 11 is 13.6. The van der Waals surface area contributed by atoms with E-state index in [2.05, 4.69) is 11.1 Å². The summed E-state index contributed by atoms with van der Waals surface area (Å²) in [6, 6.07) is 7.52. The molecule has 1 heterocycles. The van der Waals surface area contributed by atoms with E-state index in [0.29, 0.717) is 16.5 Å². The standard InChI is InChI=1S/C13H10Cl2N2S/c1-2-11-12(5-6-16)18-13(17-11)9-4-3-8(14)7-10(9)15/h3-4,7H,2,5H2,1H3. The van der Waals surface area contributed by atoms with E-state index < -0.39 is 0 Å². The molecule has 1 aromatic carbocycles. The Morgan fingerprint density at radius 1 is 1.39 bits per heavy atom. The minimum atomic E-state index is 0.395. The van der Waals surface area contributed by atoms with Gasteiger partial charge in [0.15, 0.2) is 0 Å². The molecule has 0 N–H and O–H groups in total. The molecule has 5 heteroatoms. The third-order valence-corrected chi connectivity index (χ3v) is 4.19. The first-order valence-corrected chi connectivity index (χ1v) is 7.04. The molecule has 0 unspecified atom stereocenters. The van der Waals surface area contributed by atoms with Crippen molar-refractivity contribution in [3.05, 3.63) is 38.8 Å². The third kappa shape index (κ3) is 2.67. The second-order valence-corrected chi connectivity index (χ2v) is 5.63. The highest BCUT2D eigenvalue weighted by molar-refractivity contribution is 7.15. The lowest BCUT2D eigenvalue weighted by molar-refractivity contribution is 1.03. The first-order valence-electron chi connectivity index (χ1n) is 5.46. The van der Waals surface area contributed by atoms with Gasteiger partial charge in [0.1, 0.15) is 5.01 Å². The van der Waals surface area contributed by atoms with Crippen molar-refractivity contribution in [1.29, 1.82) is 5.26 Å². The molecule has 0 atom stereocenters. The summed E-state index contributed by atoms with van der Waals surface area (Å²) < 4.78 is 0. The Morgan fingerprint density at radius 2 is 2.17 bits per heavy atom. The van der Waals surface area contributed by atoms with Gasteiger partial charge in [-0.25, -0.2) is 4.98 Å². The van der Waals surface area contributed by atoms with Crippen molar-refractivity contribution in [2.45, 2.75) is 19.8 Å². The molecule has 0 radical (unpaired) electrons. The van der Waals surface area contributed by atoms with Gasteiger partial charge >= 0.3 is 0 Å². The van der Waals surface area contributed by atoms with Crippen LogP contribution in [0.2, 0.25) is 10.0 Å². The number of rotatable bonds is 3. The van der Waals surface area contributed by atoms with Crippen LogP contribution in [0.5, 0.6) is 0 Å². The minimum absolute atomic E-state index is 0.395. The summed E-state index contributed by atoms with van der Waals surface area (Å²) in [5, 5.41) is 10.8. The number of thiazole rings is 1. The molecular weight excluding hydrogens is 287 g/mol. The highest BCUT2D eigenvalue weighted by Gasteiger charge is 2.13. The van der Waals surface area contributed by atoms with Crippen LogP contribution in [-0.4, -0.2) is 4.98 Å². The predicted molar refractivity (Wildman–Crippen MR) is 76.3 cm³/mol. The molecule has 2 nitrogen and oxygen atoms in total. The number of nitriles is 1. The minimum Gasteiger partial charge on any atom is -0.241 e. The molecule has 0 amide bonds. The molecule has 0 saturated heterocycles. The number of hydrogen-bond donors (Lipinski definition) is 0. The number of benzene rings is 1. The first-order chi connectivity index (χ1) is 8.65. The summed E-state index contributed by atoms with van der Waals surface area (Å²) in [4.78, 5) is 5.56. The highest BCUT2D eigenvalue weighted by atomic mass is 35.5. The van der Waals surface area contributed by atoms with Gasteiger partial charge in [0.2, 0.25) is 0 Å². The van der Waals surface area contributed by atoms with Crippen LogP contribution >= 0.6 is 34.5 Å². The van der Waals surface area contributed by atoms with E-state index in [1.807, 2.05) is 13.0 Å². The fourth-order valence-electron chi connectivity index (χ4n) is 1.65. The molecule has 0 aliphatic rings. The number of aryl methyl sites for hydroxylation is 1. The third-order valence-electron chi connectivity index (χ3n) is 2.51. The average molecular weight is 297 g/mol. The monoisotopic (exact) mass is 296 g/mol. The largest absolute Gasteiger partial charge is 0.241 e. The van der Waals surface area contributed by atoms with E-state index in [0.717, 1.165) is 27.6 Å². The fraction of sp³-hybridized carbons (Fsp3) is 0.231. The maximum atomic E-state index is 8.80. The van der Waals surface area contributed by atoms with Crippen LogP contribution in [0, 0.1) is 11.3 Å². The molecule has 18 heavy (non-hydrogen) atoms. The Kier molecular flexibility index (Phi) is 4.23. The lowest BCUT2D eigenvalue weighted by Crippen LogP contribution is -1.86. The number of hydrogen-bond acceptors (Lipinski definition) is 3. The van der Waals surface area contributed by atoms with E-state index in [4.69, 9.17) is 28.5 Å². The average Bonchev–Trinajstić information content (AvgIpc) is 2.72. The molecule has 0 aliphatic carbocycles. The molecule has 0 spiro atoms. The zero-order valence-electron chi connectivity index (χ0n) is 9.70. The van der Waals surface area contributed by atoms with Crippen molar-refractivity contribution in [2.75, 3.05) is 0 Å². The van der Waals surface area contributed by atoms with Crippen LogP contribution in [0.15, 0.2) is 18.2 Å². The van der Waals surface area contributed by atoms with Crippen LogP contribution < -0.4 is 0 Å². The van der Waals surface area contributed by atoms with Crippen LogP contribution in [0.3, 0.4) is 0 Å². The highest BCUT2D eigenvalue weighted by Crippen LogP contribution is 2.34. The second kappa shape index (κ2) is 5.71. The first kappa shape index (κ1) is 13.4. The van der Waals surface area contributed by atoms with Gasteiger partial charge < -0.3 is 0 Å². The van der Waals surface area contributed by atoms with Crippen molar-refractivity contribution >= 4 is 34.5 Å². The molecule has 1 aromatic heterocycles. The molecule has 0 fully saturated rings. The van der Waals surface area contributed by atoms with Crippen molar-refractivity contribution in [2.24, 2.45) is 0 Å². The summed E-state index contributed by atoms with van der Waals surface area (Å²) in [5.74, 6) is 0. The fourth-order valence-corrected chi connectivity index (χ4v) is 3.32. The van der Waals surface area contributed by atoms with Gasteiger partial charge in [-0.15, -0.1) is 11.3 Å². The van der Waals surface area contributed by atoms with Crippen molar-refractivity contribution in [1.82, 2.24) is 4.98 Å². The molecule has 0 bridgehead atoms. The van der Waals surface area contributed by atoms with Gasteiger partial charge in [0, 0.05) is 15.5 Å². The Balaban J connectivity index is 2.48. The van der Waals surface area contributed by atoms with Crippen molar-refractivity contribution in [3.63, 3.8) is 0 Å². The summed E-state index contributed by atoms with van der Waals surface area (Å²) in [5.41, 5.74) is 1.84. The molecule has 0 aliphatic heterocycles. The van der Waals surface area contributed by atoms with Gasteiger partial charge in [-0.1, -0.05) is 30.1 Å². The van der Waals surface area contributed by atoms with Crippen LogP contribution in [0.25, 0.3) is 10.6 Å². The van der Waals surface area contributed by atoms with E-state index >= 15 is 0 Å². The van der Waals surface area contributed by atoms with Crippen LogP contribution in [-0.2, 0) is 12.8 Å². The lowest BCUT2D eigenvalue weighted by Gasteiger charge is -2.00. The van der Waals surface area contributed by atoms with E-state index in [-0.39, 0.29) is 0 Å². The lowest BCUT2D eigenvalue weighted by atomic mass is 10.2. The summed E-state index contributed by atoms with van der Waals surface area (Å²) in [7, 11) is 0. The number of halogens is 2. The zero-order valence-corrected chi connectivity index (χ0v) is 12.0. The Morgan fingerprint density at radius 3 is 2.78 bits per heavy atom.